The maximum absolute atomic E-state index is 12.2. The van der Waals surface area contributed by atoms with E-state index in [1.165, 1.54) is 37.8 Å². The highest BCUT2D eigenvalue weighted by atomic mass is 16.2. The molecule has 0 spiro atoms. The molecule has 1 aliphatic heterocycles. The van der Waals surface area contributed by atoms with Crippen molar-refractivity contribution >= 4 is 17.3 Å². The standard InChI is InChI=1S/C20H30N4O/c1-17(18-8-4-2-5-9-18)21-22-20(25)16-23-12-14-24(15-13-23)19-10-6-3-7-11-19/h3,6-7,10-11,18H,2,4-5,8-9,12-16H2,1H3,(H,22,25)/b21-17+. The number of anilines is 1. The predicted octanol–water partition coefficient (Wildman–Crippen LogP) is 2.88. The Kier molecular flexibility index (Phi) is 6.45. The average molecular weight is 342 g/mol. The molecule has 0 aromatic heterocycles. The fraction of sp³-hybridized carbons (Fsp3) is 0.600. The molecule has 136 valence electrons. The fourth-order valence-electron chi connectivity index (χ4n) is 3.80. The number of hydrogen-bond donors (Lipinski definition) is 1. The van der Waals surface area contributed by atoms with Crippen molar-refractivity contribution < 1.29 is 4.79 Å². The van der Waals surface area contributed by atoms with Crippen LogP contribution in [0.4, 0.5) is 5.69 Å². The zero-order valence-electron chi connectivity index (χ0n) is 15.3. The van der Waals surface area contributed by atoms with E-state index in [-0.39, 0.29) is 5.91 Å². The molecule has 1 amide bonds. The maximum atomic E-state index is 12.2. The van der Waals surface area contributed by atoms with Gasteiger partial charge in [-0.15, -0.1) is 0 Å². The number of nitrogens with zero attached hydrogens (tertiary/aromatic N) is 3. The Morgan fingerprint density at radius 1 is 1.08 bits per heavy atom. The summed E-state index contributed by atoms with van der Waals surface area (Å²) in [6.07, 6.45) is 6.35. The van der Waals surface area contributed by atoms with Gasteiger partial charge in [-0.3, -0.25) is 9.69 Å². The maximum Gasteiger partial charge on any atom is 0.254 e. The van der Waals surface area contributed by atoms with E-state index in [4.69, 9.17) is 0 Å². The summed E-state index contributed by atoms with van der Waals surface area (Å²) in [4.78, 5) is 16.8. The van der Waals surface area contributed by atoms with Crippen molar-refractivity contribution in [1.29, 1.82) is 0 Å². The third-order valence-electron chi connectivity index (χ3n) is 5.41. The smallest absolute Gasteiger partial charge is 0.254 e. The van der Waals surface area contributed by atoms with Crippen LogP contribution in [-0.4, -0.2) is 49.2 Å². The molecular weight excluding hydrogens is 312 g/mol. The van der Waals surface area contributed by atoms with E-state index in [0.29, 0.717) is 12.5 Å². The molecule has 1 heterocycles. The molecule has 25 heavy (non-hydrogen) atoms. The Morgan fingerprint density at radius 2 is 1.76 bits per heavy atom. The van der Waals surface area contributed by atoms with E-state index in [2.05, 4.69) is 51.5 Å². The molecule has 1 aliphatic carbocycles. The quantitative estimate of drug-likeness (QED) is 0.661. The third-order valence-corrected chi connectivity index (χ3v) is 5.41. The Bertz CT molecular complexity index is 573. The van der Waals surface area contributed by atoms with Crippen molar-refractivity contribution in [1.82, 2.24) is 10.3 Å². The van der Waals surface area contributed by atoms with Crippen molar-refractivity contribution in [3.8, 4) is 0 Å². The van der Waals surface area contributed by atoms with Crippen LogP contribution in [0.1, 0.15) is 39.0 Å². The molecule has 3 rings (SSSR count). The molecular formula is C20H30N4O. The second-order valence-electron chi connectivity index (χ2n) is 7.22. The highest BCUT2D eigenvalue weighted by Gasteiger charge is 2.20. The molecule has 5 nitrogen and oxygen atoms in total. The summed E-state index contributed by atoms with van der Waals surface area (Å²) >= 11 is 0. The number of rotatable bonds is 5. The normalized spacial score (nSPS) is 20.5. The minimum atomic E-state index is 0.00307. The first-order valence-corrected chi connectivity index (χ1v) is 9.58. The molecule has 2 aliphatic rings. The fourth-order valence-corrected chi connectivity index (χ4v) is 3.80. The Labute approximate surface area is 151 Å². The molecule has 1 saturated heterocycles. The van der Waals surface area contributed by atoms with Crippen LogP contribution in [0.3, 0.4) is 0 Å². The van der Waals surface area contributed by atoms with Gasteiger partial charge in [0, 0.05) is 37.6 Å². The first kappa shape index (κ1) is 17.9. The number of hydrazone groups is 1. The Balaban J connectivity index is 1.40. The van der Waals surface area contributed by atoms with Crippen molar-refractivity contribution in [3.05, 3.63) is 30.3 Å². The lowest BCUT2D eigenvalue weighted by molar-refractivity contribution is -0.122. The van der Waals surface area contributed by atoms with Gasteiger partial charge >= 0.3 is 0 Å². The molecule has 1 aromatic carbocycles. The largest absolute Gasteiger partial charge is 0.369 e. The summed E-state index contributed by atoms with van der Waals surface area (Å²) in [6, 6.07) is 10.5. The van der Waals surface area contributed by atoms with Gasteiger partial charge in [0.15, 0.2) is 0 Å². The molecule has 1 aromatic rings. The predicted molar refractivity (Wildman–Crippen MR) is 103 cm³/mol. The van der Waals surface area contributed by atoms with Crippen molar-refractivity contribution in [2.24, 2.45) is 11.0 Å². The third kappa shape index (κ3) is 5.30. The van der Waals surface area contributed by atoms with E-state index in [9.17, 15) is 4.79 Å². The lowest BCUT2D eigenvalue weighted by atomic mass is 9.86. The van der Waals surface area contributed by atoms with Gasteiger partial charge in [0.1, 0.15) is 0 Å². The van der Waals surface area contributed by atoms with E-state index in [1.807, 2.05) is 6.07 Å². The minimum Gasteiger partial charge on any atom is -0.369 e. The van der Waals surface area contributed by atoms with Gasteiger partial charge in [0.25, 0.3) is 5.91 Å². The summed E-state index contributed by atoms with van der Waals surface area (Å²) in [5.74, 6) is 0.562. The van der Waals surface area contributed by atoms with E-state index in [1.54, 1.807) is 0 Å². The first-order valence-electron chi connectivity index (χ1n) is 9.58. The van der Waals surface area contributed by atoms with Crippen LogP contribution in [0, 0.1) is 5.92 Å². The van der Waals surface area contributed by atoms with Crippen LogP contribution in [-0.2, 0) is 4.79 Å². The van der Waals surface area contributed by atoms with Crippen molar-refractivity contribution in [3.63, 3.8) is 0 Å². The zero-order chi connectivity index (χ0) is 17.5. The van der Waals surface area contributed by atoms with Gasteiger partial charge in [0.2, 0.25) is 0 Å². The minimum absolute atomic E-state index is 0.00307. The second kappa shape index (κ2) is 8.99. The summed E-state index contributed by atoms with van der Waals surface area (Å²) < 4.78 is 0. The summed E-state index contributed by atoms with van der Waals surface area (Å²) in [6.45, 7) is 6.23. The summed E-state index contributed by atoms with van der Waals surface area (Å²) in [7, 11) is 0. The number of carbonyl (C=O) groups is 1. The van der Waals surface area contributed by atoms with Crippen LogP contribution in [0.25, 0.3) is 0 Å². The molecule has 1 saturated carbocycles. The van der Waals surface area contributed by atoms with Crippen LogP contribution in [0.5, 0.6) is 0 Å². The number of nitrogens with one attached hydrogen (secondary N) is 1. The Morgan fingerprint density at radius 3 is 2.44 bits per heavy atom. The number of carbonyl (C=O) groups excluding carboxylic acids is 1. The first-order chi connectivity index (χ1) is 12.2. The lowest BCUT2D eigenvalue weighted by Gasteiger charge is -2.35. The molecule has 0 atom stereocenters. The molecule has 0 radical (unpaired) electrons. The lowest BCUT2D eigenvalue weighted by Crippen LogP contribution is -2.49. The molecule has 5 heteroatoms. The number of para-hydroxylation sites is 1. The number of hydrogen-bond acceptors (Lipinski definition) is 4. The van der Waals surface area contributed by atoms with Gasteiger partial charge in [-0.25, -0.2) is 5.43 Å². The molecule has 0 bridgehead atoms. The highest BCUT2D eigenvalue weighted by molar-refractivity contribution is 5.86. The monoisotopic (exact) mass is 342 g/mol. The van der Waals surface area contributed by atoms with Crippen LogP contribution in [0.2, 0.25) is 0 Å². The van der Waals surface area contributed by atoms with Crippen LogP contribution >= 0.6 is 0 Å². The number of benzene rings is 1. The van der Waals surface area contributed by atoms with Gasteiger partial charge < -0.3 is 4.90 Å². The van der Waals surface area contributed by atoms with Crippen molar-refractivity contribution in [2.45, 2.75) is 39.0 Å². The van der Waals surface area contributed by atoms with Crippen LogP contribution < -0.4 is 10.3 Å². The summed E-state index contributed by atoms with van der Waals surface area (Å²) in [5, 5.41) is 4.36. The van der Waals surface area contributed by atoms with Crippen molar-refractivity contribution in [2.75, 3.05) is 37.6 Å². The van der Waals surface area contributed by atoms with E-state index >= 15 is 0 Å². The van der Waals surface area contributed by atoms with Gasteiger partial charge in [0.05, 0.1) is 6.54 Å². The topological polar surface area (TPSA) is 47.9 Å². The SMILES string of the molecule is C/C(=N\NC(=O)CN1CCN(c2ccccc2)CC1)C1CCCCC1. The van der Waals surface area contributed by atoms with E-state index < -0.39 is 0 Å². The highest BCUT2D eigenvalue weighted by Crippen LogP contribution is 2.24. The molecule has 0 unspecified atom stereocenters. The summed E-state index contributed by atoms with van der Waals surface area (Å²) in [5.41, 5.74) is 5.11. The van der Waals surface area contributed by atoms with Gasteiger partial charge in [-0.1, -0.05) is 37.5 Å². The number of amides is 1. The molecule has 1 N–H and O–H groups in total. The zero-order valence-corrected chi connectivity index (χ0v) is 15.3. The van der Waals surface area contributed by atoms with Gasteiger partial charge in [-0.05, 0) is 37.8 Å². The molecule has 2 fully saturated rings. The van der Waals surface area contributed by atoms with Crippen LogP contribution in [0.15, 0.2) is 35.4 Å². The van der Waals surface area contributed by atoms with E-state index in [0.717, 1.165) is 31.9 Å². The number of piperazine rings is 1. The van der Waals surface area contributed by atoms with Gasteiger partial charge in [-0.2, -0.15) is 5.10 Å². The average Bonchev–Trinajstić information content (AvgIpc) is 2.68. The second-order valence-corrected chi connectivity index (χ2v) is 7.22. The Hall–Kier alpha value is -1.88.